The third kappa shape index (κ3) is 7.85. The fourth-order valence-corrected chi connectivity index (χ4v) is 3.83. The summed E-state index contributed by atoms with van der Waals surface area (Å²) >= 11 is 1.43. The first kappa shape index (κ1) is 22.6. The Bertz CT molecular complexity index is 602. The van der Waals surface area contributed by atoms with E-state index in [0.717, 1.165) is 11.4 Å². The molecule has 0 aliphatic rings. The number of aromatic nitrogens is 1. The average Bonchev–Trinajstić information content (AvgIpc) is 2.89. The predicted molar refractivity (Wildman–Crippen MR) is 108 cm³/mol. The van der Waals surface area contributed by atoms with E-state index in [1.807, 2.05) is 32.6 Å². The molecule has 0 aliphatic carbocycles. The summed E-state index contributed by atoms with van der Waals surface area (Å²) < 4.78 is 0. The fourth-order valence-electron chi connectivity index (χ4n) is 3.06. The Morgan fingerprint density at radius 2 is 1.81 bits per heavy atom. The van der Waals surface area contributed by atoms with E-state index >= 15 is 0 Å². The van der Waals surface area contributed by atoms with Crippen molar-refractivity contribution in [3.63, 3.8) is 0 Å². The molecule has 26 heavy (non-hydrogen) atoms. The van der Waals surface area contributed by atoms with Gasteiger partial charge in [0.2, 0.25) is 5.91 Å². The van der Waals surface area contributed by atoms with Gasteiger partial charge in [0, 0.05) is 23.9 Å². The monoisotopic (exact) mass is 381 g/mol. The second-order valence-electron chi connectivity index (χ2n) is 8.94. The first-order valence-corrected chi connectivity index (χ1v) is 10.3. The number of thiazole rings is 1. The van der Waals surface area contributed by atoms with Crippen LogP contribution in [0, 0.1) is 11.3 Å². The molecule has 0 bridgehead atoms. The summed E-state index contributed by atoms with van der Waals surface area (Å²) in [5.41, 5.74) is 0.645. The summed E-state index contributed by atoms with van der Waals surface area (Å²) in [6.07, 6.45) is 1.56. The van der Waals surface area contributed by atoms with Gasteiger partial charge in [0.15, 0.2) is 0 Å². The largest absolute Gasteiger partial charge is 0.349 e. The van der Waals surface area contributed by atoms with Crippen LogP contribution in [0.5, 0.6) is 0 Å². The zero-order valence-corrected chi connectivity index (χ0v) is 18.4. The first-order chi connectivity index (χ1) is 11.9. The Kier molecular flexibility index (Phi) is 8.25. The van der Waals surface area contributed by atoms with Crippen molar-refractivity contribution in [1.82, 2.24) is 15.2 Å². The van der Waals surface area contributed by atoms with Crippen LogP contribution in [0.1, 0.15) is 83.7 Å². The molecule has 0 aromatic carbocycles. The zero-order valence-electron chi connectivity index (χ0n) is 17.5. The van der Waals surface area contributed by atoms with E-state index in [-0.39, 0.29) is 29.3 Å². The SMILES string of the molecule is CC(CC(=O)N(Cc1nc(C(=O)NC(C)C)cs1)C(C)C)CC(C)(C)C. The molecule has 0 aliphatic heterocycles. The molecule has 1 atom stereocenters. The molecule has 1 heterocycles. The number of hydrogen-bond donors (Lipinski definition) is 1. The summed E-state index contributed by atoms with van der Waals surface area (Å²) in [6, 6.07) is 0.173. The van der Waals surface area contributed by atoms with Gasteiger partial charge < -0.3 is 10.2 Å². The molecule has 0 saturated heterocycles. The standard InChI is InChI=1S/C20H35N3O2S/c1-13(2)21-19(25)16-12-26-17(22-16)11-23(14(3)4)18(24)9-15(5)10-20(6,7)8/h12-15H,9-11H2,1-8H3,(H,21,25). The highest BCUT2D eigenvalue weighted by molar-refractivity contribution is 7.09. The number of rotatable bonds is 8. The molecule has 148 valence electrons. The van der Waals surface area contributed by atoms with Crippen LogP contribution in [0.3, 0.4) is 0 Å². The molecule has 2 amide bonds. The van der Waals surface area contributed by atoms with Crippen molar-refractivity contribution in [2.75, 3.05) is 0 Å². The van der Waals surface area contributed by atoms with Crippen LogP contribution < -0.4 is 5.32 Å². The highest BCUT2D eigenvalue weighted by Crippen LogP contribution is 2.27. The van der Waals surface area contributed by atoms with Gasteiger partial charge in [0.25, 0.3) is 5.91 Å². The van der Waals surface area contributed by atoms with E-state index in [9.17, 15) is 9.59 Å². The number of nitrogens with zero attached hydrogens (tertiary/aromatic N) is 2. The van der Waals surface area contributed by atoms with E-state index in [2.05, 4.69) is 38.0 Å². The van der Waals surface area contributed by atoms with E-state index in [1.54, 1.807) is 5.38 Å². The highest BCUT2D eigenvalue weighted by atomic mass is 32.1. The van der Waals surface area contributed by atoms with Gasteiger partial charge in [-0.2, -0.15) is 0 Å². The molecule has 1 aromatic heterocycles. The molecule has 1 rings (SSSR count). The maximum Gasteiger partial charge on any atom is 0.270 e. The van der Waals surface area contributed by atoms with Gasteiger partial charge in [-0.1, -0.05) is 27.7 Å². The lowest BCUT2D eigenvalue weighted by atomic mass is 9.84. The predicted octanol–water partition coefficient (Wildman–Crippen LogP) is 4.48. The Morgan fingerprint density at radius 3 is 2.31 bits per heavy atom. The van der Waals surface area contributed by atoms with Gasteiger partial charge in [-0.15, -0.1) is 11.3 Å². The van der Waals surface area contributed by atoms with Crippen LogP contribution in [0.15, 0.2) is 5.38 Å². The highest BCUT2D eigenvalue weighted by Gasteiger charge is 2.24. The van der Waals surface area contributed by atoms with Crippen molar-refractivity contribution in [2.45, 2.75) is 86.9 Å². The number of carbonyl (C=O) groups is 2. The minimum atomic E-state index is -0.163. The van der Waals surface area contributed by atoms with Crippen molar-refractivity contribution in [1.29, 1.82) is 0 Å². The molecule has 6 heteroatoms. The Balaban J connectivity index is 2.75. The minimum absolute atomic E-state index is 0.0747. The minimum Gasteiger partial charge on any atom is -0.349 e. The number of amides is 2. The molecule has 0 fully saturated rings. The normalized spacial score (nSPS) is 13.2. The molecular formula is C20H35N3O2S. The van der Waals surface area contributed by atoms with Crippen molar-refractivity contribution < 1.29 is 9.59 Å². The smallest absolute Gasteiger partial charge is 0.270 e. The summed E-state index contributed by atoms with van der Waals surface area (Å²) in [5, 5.41) is 5.40. The van der Waals surface area contributed by atoms with Gasteiger partial charge >= 0.3 is 0 Å². The summed E-state index contributed by atoms with van der Waals surface area (Å²) in [5.74, 6) is 0.330. The van der Waals surface area contributed by atoms with E-state index in [1.165, 1.54) is 11.3 Å². The van der Waals surface area contributed by atoms with Crippen LogP contribution in [0.25, 0.3) is 0 Å². The lowest BCUT2D eigenvalue weighted by molar-refractivity contribution is -0.134. The van der Waals surface area contributed by atoms with E-state index < -0.39 is 0 Å². The molecule has 0 saturated carbocycles. The molecule has 1 aromatic rings. The summed E-state index contributed by atoms with van der Waals surface area (Å²) in [7, 11) is 0. The Hall–Kier alpha value is -1.43. The second-order valence-corrected chi connectivity index (χ2v) is 9.89. The third-order valence-corrected chi connectivity index (χ3v) is 4.77. The fraction of sp³-hybridized carbons (Fsp3) is 0.750. The van der Waals surface area contributed by atoms with E-state index in [4.69, 9.17) is 0 Å². The van der Waals surface area contributed by atoms with Crippen LogP contribution in [-0.2, 0) is 11.3 Å². The number of carbonyl (C=O) groups excluding carboxylic acids is 2. The Morgan fingerprint density at radius 1 is 1.19 bits per heavy atom. The Labute approximate surface area is 162 Å². The van der Waals surface area contributed by atoms with Gasteiger partial charge in [-0.05, 0) is 45.4 Å². The maximum absolute atomic E-state index is 12.8. The quantitative estimate of drug-likeness (QED) is 0.722. The van der Waals surface area contributed by atoms with Gasteiger partial charge in [-0.3, -0.25) is 9.59 Å². The van der Waals surface area contributed by atoms with Crippen molar-refractivity contribution in [3.8, 4) is 0 Å². The van der Waals surface area contributed by atoms with Gasteiger partial charge in [0.1, 0.15) is 10.7 Å². The molecule has 5 nitrogen and oxygen atoms in total. The maximum atomic E-state index is 12.8. The van der Waals surface area contributed by atoms with Crippen molar-refractivity contribution in [2.24, 2.45) is 11.3 Å². The van der Waals surface area contributed by atoms with Crippen LogP contribution in [0.4, 0.5) is 0 Å². The van der Waals surface area contributed by atoms with Gasteiger partial charge in [0.05, 0.1) is 6.54 Å². The number of hydrogen-bond acceptors (Lipinski definition) is 4. The topological polar surface area (TPSA) is 62.3 Å². The molecule has 0 radical (unpaired) electrons. The van der Waals surface area contributed by atoms with Crippen molar-refractivity contribution >= 4 is 23.2 Å². The second kappa shape index (κ2) is 9.49. The average molecular weight is 382 g/mol. The van der Waals surface area contributed by atoms with E-state index in [0.29, 0.717) is 24.6 Å². The molecular weight excluding hydrogens is 346 g/mol. The molecule has 1 N–H and O–H groups in total. The third-order valence-electron chi connectivity index (χ3n) is 3.94. The lowest BCUT2D eigenvalue weighted by Gasteiger charge is -2.29. The van der Waals surface area contributed by atoms with Crippen LogP contribution in [0.2, 0.25) is 0 Å². The zero-order chi connectivity index (χ0) is 20.1. The summed E-state index contributed by atoms with van der Waals surface area (Å²) in [4.78, 5) is 31.1. The molecule has 1 unspecified atom stereocenters. The lowest BCUT2D eigenvalue weighted by Crippen LogP contribution is -2.37. The van der Waals surface area contributed by atoms with Crippen LogP contribution in [-0.4, -0.2) is 33.8 Å². The number of nitrogens with one attached hydrogen (secondary N) is 1. The van der Waals surface area contributed by atoms with Crippen LogP contribution >= 0.6 is 11.3 Å². The molecule has 0 spiro atoms. The van der Waals surface area contributed by atoms with Crippen molar-refractivity contribution in [3.05, 3.63) is 16.1 Å². The first-order valence-electron chi connectivity index (χ1n) is 9.43. The summed E-state index contributed by atoms with van der Waals surface area (Å²) in [6.45, 7) is 17.1. The van der Waals surface area contributed by atoms with Gasteiger partial charge in [-0.25, -0.2) is 4.98 Å².